The third-order valence-electron chi connectivity index (χ3n) is 6.30. The molecule has 10 heteroatoms. The maximum absolute atomic E-state index is 12.8. The van der Waals surface area contributed by atoms with Crippen LogP contribution in [0.15, 0.2) is 27.7 Å². The average molecular weight is 465 g/mol. The summed E-state index contributed by atoms with van der Waals surface area (Å²) in [5.74, 6) is -2.08. The fourth-order valence-electron chi connectivity index (χ4n) is 4.63. The molecule has 1 aromatic heterocycles. The molecule has 1 amide bonds. The highest BCUT2D eigenvalue weighted by molar-refractivity contribution is 8.03. The van der Waals surface area contributed by atoms with E-state index in [1.807, 2.05) is 13.8 Å². The Bertz CT molecular complexity index is 1030. The molecule has 3 N–H and O–H groups in total. The van der Waals surface area contributed by atoms with Crippen molar-refractivity contribution in [2.45, 2.75) is 52.8 Å². The highest BCUT2D eigenvalue weighted by atomic mass is 32.2. The van der Waals surface area contributed by atoms with Crippen LogP contribution >= 0.6 is 11.8 Å². The van der Waals surface area contributed by atoms with Crippen LogP contribution in [0.2, 0.25) is 0 Å². The molecule has 0 saturated carbocycles. The first-order valence-corrected chi connectivity index (χ1v) is 11.6. The maximum atomic E-state index is 12.8. The zero-order valence-electron chi connectivity index (χ0n) is 18.3. The lowest BCUT2D eigenvalue weighted by molar-refractivity contribution is -0.160. The number of aromatic nitrogens is 1. The van der Waals surface area contributed by atoms with E-state index in [2.05, 4.69) is 0 Å². The monoisotopic (exact) mass is 464 g/mol. The number of carbonyl (C=O) groups is 3. The van der Waals surface area contributed by atoms with E-state index in [4.69, 9.17) is 0 Å². The number of aryl methyl sites for hydroxylation is 1. The Morgan fingerprint density at radius 3 is 2.56 bits per heavy atom. The quantitative estimate of drug-likeness (QED) is 0.444. The van der Waals surface area contributed by atoms with Gasteiger partial charge in [0.15, 0.2) is 5.75 Å². The topological polar surface area (TPSA) is 137 Å². The minimum atomic E-state index is -1.16. The van der Waals surface area contributed by atoms with Gasteiger partial charge in [0.2, 0.25) is 11.3 Å². The number of pyridine rings is 1. The number of hydrogen-bond acceptors (Lipinski definition) is 7. The summed E-state index contributed by atoms with van der Waals surface area (Å²) in [4.78, 5) is 50.2. The number of aliphatic hydroxyl groups is 1. The van der Waals surface area contributed by atoms with Crippen molar-refractivity contribution in [3.8, 4) is 5.75 Å². The van der Waals surface area contributed by atoms with Gasteiger partial charge in [0.05, 0.1) is 24.8 Å². The maximum Gasteiger partial charge on any atom is 0.353 e. The summed E-state index contributed by atoms with van der Waals surface area (Å²) in [7, 11) is 0. The van der Waals surface area contributed by atoms with E-state index >= 15 is 0 Å². The number of carboxylic acids is 1. The number of ketones is 1. The molecule has 2 aliphatic heterocycles. The van der Waals surface area contributed by atoms with Crippen LogP contribution < -0.4 is 5.43 Å². The van der Waals surface area contributed by atoms with Gasteiger partial charge in [0.1, 0.15) is 11.5 Å². The number of carbonyl (C=O) groups excluding carboxylic acids is 2. The molecule has 2 aliphatic rings. The number of carboxylic acid groups (broad SMARTS) is 1. The van der Waals surface area contributed by atoms with Crippen LogP contribution in [0.3, 0.4) is 0 Å². The largest absolute Gasteiger partial charge is 0.503 e. The fraction of sp³-hybridized carbons (Fsp3) is 0.545. The van der Waals surface area contributed by atoms with Crippen LogP contribution in [0.4, 0.5) is 0 Å². The molecule has 0 bridgehead atoms. The Morgan fingerprint density at radius 2 is 1.97 bits per heavy atom. The Morgan fingerprint density at radius 1 is 1.28 bits per heavy atom. The van der Waals surface area contributed by atoms with Gasteiger partial charge in [-0.2, -0.15) is 0 Å². The number of amides is 1. The highest BCUT2D eigenvalue weighted by Gasteiger charge is 2.59. The number of Topliss-reactive ketones (excluding diaryl/α,β-unsaturated/α-hetero) is 1. The molecule has 4 atom stereocenters. The summed E-state index contributed by atoms with van der Waals surface area (Å²) >= 11 is 1.31. The summed E-state index contributed by atoms with van der Waals surface area (Å²) in [6.45, 7) is 5.49. The van der Waals surface area contributed by atoms with Gasteiger partial charge in [-0.15, -0.1) is 11.8 Å². The van der Waals surface area contributed by atoms with E-state index in [9.17, 15) is 34.5 Å². The average Bonchev–Trinajstić information content (AvgIpc) is 2.98. The number of nitrogens with zero attached hydrogens (tertiary/aromatic N) is 2. The number of fused-ring (bicyclic) bond motifs is 1. The van der Waals surface area contributed by atoms with Crippen molar-refractivity contribution >= 4 is 29.4 Å². The van der Waals surface area contributed by atoms with Crippen molar-refractivity contribution in [3.05, 3.63) is 38.8 Å². The Kier molecular flexibility index (Phi) is 7.14. The number of thioether (sulfide) groups is 1. The van der Waals surface area contributed by atoms with Crippen LogP contribution in [0, 0.1) is 17.8 Å². The van der Waals surface area contributed by atoms with Crippen LogP contribution in [0.5, 0.6) is 5.75 Å². The zero-order chi connectivity index (χ0) is 23.7. The third kappa shape index (κ3) is 4.21. The first-order chi connectivity index (χ1) is 15.1. The number of rotatable bonds is 10. The smallest absolute Gasteiger partial charge is 0.353 e. The first-order valence-electron chi connectivity index (χ1n) is 10.6. The van der Waals surface area contributed by atoms with E-state index in [0.29, 0.717) is 35.7 Å². The molecule has 0 spiro atoms. The second kappa shape index (κ2) is 9.50. The highest BCUT2D eigenvalue weighted by Crippen LogP contribution is 2.52. The molecule has 3 rings (SSSR count). The Hall–Kier alpha value is -2.59. The summed E-state index contributed by atoms with van der Waals surface area (Å²) in [6.07, 6.45) is 1.96. The van der Waals surface area contributed by atoms with Gasteiger partial charge in [-0.1, -0.05) is 20.8 Å². The van der Waals surface area contributed by atoms with Crippen LogP contribution in [-0.2, 0) is 27.5 Å². The molecule has 32 heavy (non-hydrogen) atoms. The van der Waals surface area contributed by atoms with Gasteiger partial charge in [0.25, 0.3) is 0 Å². The van der Waals surface area contributed by atoms with Crippen molar-refractivity contribution in [1.82, 2.24) is 9.47 Å². The van der Waals surface area contributed by atoms with E-state index in [-0.39, 0.29) is 47.8 Å². The number of aliphatic carboxylic acids is 1. The molecular weight excluding hydrogens is 436 g/mol. The number of aliphatic hydroxyl groups excluding tert-OH is 1. The van der Waals surface area contributed by atoms with E-state index in [1.165, 1.54) is 22.9 Å². The first kappa shape index (κ1) is 24.1. The van der Waals surface area contributed by atoms with Crippen LogP contribution in [0.1, 0.15) is 39.3 Å². The van der Waals surface area contributed by atoms with Crippen LogP contribution in [0.25, 0.3) is 0 Å². The summed E-state index contributed by atoms with van der Waals surface area (Å²) < 4.78 is 1.55. The van der Waals surface area contributed by atoms with Gasteiger partial charge in [-0.05, 0) is 5.92 Å². The number of hydrogen-bond donors (Lipinski definition) is 3. The molecule has 0 aromatic carbocycles. The van der Waals surface area contributed by atoms with E-state index in [0.717, 1.165) is 6.07 Å². The predicted molar refractivity (Wildman–Crippen MR) is 118 cm³/mol. The van der Waals surface area contributed by atoms with Crippen molar-refractivity contribution in [1.29, 1.82) is 0 Å². The fourth-order valence-corrected chi connectivity index (χ4v) is 5.87. The number of β-lactam (4-membered cyclic amide) rings is 1. The summed E-state index contributed by atoms with van der Waals surface area (Å²) in [6, 6.07) is 0.883. The molecule has 1 saturated heterocycles. The van der Waals surface area contributed by atoms with Crippen molar-refractivity contribution in [2.24, 2.45) is 17.8 Å². The molecule has 3 heterocycles. The van der Waals surface area contributed by atoms with E-state index < -0.39 is 17.1 Å². The van der Waals surface area contributed by atoms with Crippen LogP contribution in [-0.4, -0.2) is 54.2 Å². The molecule has 1 fully saturated rings. The molecular formula is C22H28N2O7S. The lowest BCUT2D eigenvalue weighted by Crippen LogP contribution is -2.62. The normalized spacial score (nSPS) is 23.2. The van der Waals surface area contributed by atoms with Gasteiger partial charge >= 0.3 is 5.97 Å². The van der Waals surface area contributed by atoms with Gasteiger partial charge in [-0.3, -0.25) is 14.4 Å². The lowest BCUT2D eigenvalue weighted by Gasteiger charge is -2.47. The molecule has 1 aromatic rings. The molecule has 174 valence electrons. The van der Waals surface area contributed by atoms with Crippen molar-refractivity contribution in [3.63, 3.8) is 0 Å². The Labute approximate surface area is 189 Å². The second-order valence-corrected chi connectivity index (χ2v) is 9.46. The summed E-state index contributed by atoms with van der Waals surface area (Å²) in [5, 5.41) is 28.9. The van der Waals surface area contributed by atoms with Crippen molar-refractivity contribution in [2.75, 3.05) is 5.75 Å². The molecule has 9 nitrogen and oxygen atoms in total. The van der Waals surface area contributed by atoms with Gasteiger partial charge < -0.3 is 24.8 Å². The summed E-state index contributed by atoms with van der Waals surface area (Å²) in [5.41, 5.74) is -0.246. The Balaban J connectivity index is 1.77. The second-order valence-electron chi connectivity index (χ2n) is 8.32. The zero-order valence-corrected chi connectivity index (χ0v) is 19.1. The minimum absolute atomic E-state index is 0.00657. The SMILES string of the molecule is CCC(=O)C[C@H](C)[C@H]1C(=O)N2C(C(=O)O)=C(SCCn3cc(O)c(=O)cc3CO)[C@H](C)[C@@H]12. The standard InChI is InChI=1S/C22H28N2O7S/c1-4-14(26)7-11(2)17-18-12(3)20(19(22(30)31)24(18)21(17)29)32-6-5-23-9-16(28)15(27)8-13(23)10-25/h8-9,11-12,17-18,25,28H,4-7,10H2,1-3H3,(H,30,31)/t11-,12+,17+,18-/m0/s1. The van der Waals surface area contributed by atoms with Gasteiger partial charge in [-0.25, -0.2) is 4.79 Å². The molecule has 0 unspecified atom stereocenters. The molecule has 0 radical (unpaired) electrons. The number of aromatic hydroxyl groups is 1. The van der Waals surface area contributed by atoms with E-state index in [1.54, 1.807) is 11.5 Å². The third-order valence-corrected chi connectivity index (χ3v) is 7.56. The van der Waals surface area contributed by atoms with Gasteiger partial charge in [0, 0.05) is 47.7 Å². The predicted octanol–water partition coefficient (Wildman–Crippen LogP) is 1.56. The minimum Gasteiger partial charge on any atom is -0.503 e. The molecule has 0 aliphatic carbocycles. The lowest BCUT2D eigenvalue weighted by atomic mass is 9.73. The van der Waals surface area contributed by atoms with Crippen molar-refractivity contribution < 1.29 is 29.7 Å².